The van der Waals surface area contributed by atoms with Gasteiger partial charge in [0.1, 0.15) is 5.75 Å². The third kappa shape index (κ3) is 2.58. The van der Waals surface area contributed by atoms with E-state index in [0.29, 0.717) is 5.75 Å². The molecule has 2 rings (SSSR count). The Balaban J connectivity index is 2.02. The number of likely N-dealkylation sites (N-methyl/N-ethyl adjacent to an activating group) is 1. The van der Waals surface area contributed by atoms with Crippen molar-refractivity contribution in [3.63, 3.8) is 0 Å². The average molecular weight is 235 g/mol. The highest BCUT2D eigenvalue weighted by Crippen LogP contribution is 2.21. The number of ether oxygens (including phenoxy) is 1. The Morgan fingerprint density at radius 2 is 2.06 bits per heavy atom. The summed E-state index contributed by atoms with van der Waals surface area (Å²) in [4.78, 5) is 13.3. The molecular weight excluding hydrogens is 218 g/mol. The Morgan fingerprint density at radius 3 is 2.53 bits per heavy atom. The number of likely N-dealkylation sites (tertiary alicyclic amines) is 1. The summed E-state index contributed by atoms with van der Waals surface area (Å²) in [7, 11) is 1.78. The second kappa shape index (κ2) is 4.75. The molecule has 1 N–H and O–H groups in total. The van der Waals surface area contributed by atoms with E-state index in [-0.39, 0.29) is 12.0 Å². The number of amides is 1. The zero-order chi connectivity index (χ0) is 12.4. The van der Waals surface area contributed by atoms with Crippen LogP contribution in [0.5, 0.6) is 5.75 Å². The molecule has 0 aliphatic carbocycles. The van der Waals surface area contributed by atoms with Crippen LogP contribution in [-0.4, -0.2) is 35.6 Å². The maximum atomic E-state index is 11.6. The van der Waals surface area contributed by atoms with Crippen LogP contribution in [-0.2, 0) is 4.79 Å². The van der Waals surface area contributed by atoms with Gasteiger partial charge >= 0.3 is 0 Å². The number of rotatable bonds is 3. The molecule has 1 aromatic carbocycles. The molecule has 2 atom stereocenters. The van der Waals surface area contributed by atoms with Crippen molar-refractivity contribution in [3.8, 4) is 5.75 Å². The molecule has 4 nitrogen and oxygen atoms in total. The van der Waals surface area contributed by atoms with E-state index in [4.69, 9.17) is 4.74 Å². The number of carbonyl (C=O) groups excluding carboxylic acids is 1. The fraction of sp³-hybridized carbons (Fsp3) is 0.462. The Hall–Kier alpha value is -1.55. The smallest absolute Gasteiger partial charge is 0.263 e. The highest BCUT2D eigenvalue weighted by atomic mass is 16.5. The first kappa shape index (κ1) is 11.9. The van der Waals surface area contributed by atoms with E-state index in [1.165, 1.54) is 0 Å². The van der Waals surface area contributed by atoms with Gasteiger partial charge in [0.2, 0.25) is 0 Å². The third-order valence-corrected chi connectivity index (χ3v) is 3.02. The van der Waals surface area contributed by atoms with E-state index in [2.05, 4.69) is 0 Å². The number of carbonyl (C=O) groups is 1. The quantitative estimate of drug-likeness (QED) is 0.860. The molecule has 92 valence electrons. The van der Waals surface area contributed by atoms with Crippen LogP contribution < -0.4 is 4.74 Å². The molecule has 1 fully saturated rings. The highest BCUT2D eigenvalue weighted by Gasteiger charge is 2.30. The predicted molar refractivity (Wildman–Crippen MR) is 63.7 cm³/mol. The SMILES string of the molecule is C[C@@H](O)c1ccc(OC2CCN(C)C2=O)cc1. The minimum Gasteiger partial charge on any atom is -0.481 e. The molecule has 4 heteroatoms. The first-order chi connectivity index (χ1) is 8.08. The lowest BCUT2D eigenvalue weighted by Gasteiger charge is -2.13. The maximum Gasteiger partial charge on any atom is 0.263 e. The molecule has 0 radical (unpaired) electrons. The van der Waals surface area contributed by atoms with Crippen molar-refractivity contribution in [2.24, 2.45) is 0 Å². The Bertz CT molecular complexity index is 400. The molecule has 17 heavy (non-hydrogen) atoms. The molecule has 1 aromatic rings. The number of hydrogen-bond acceptors (Lipinski definition) is 3. The minimum absolute atomic E-state index is 0.0320. The van der Waals surface area contributed by atoms with Gasteiger partial charge < -0.3 is 14.7 Å². The summed E-state index contributed by atoms with van der Waals surface area (Å²) in [5, 5.41) is 9.37. The number of hydrogen-bond donors (Lipinski definition) is 1. The zero-order valence-corrected chi connectivity index (χ0v) is 10.1. The van der Waals surface area contributed by atoms with Crippen molar-refractivity contribution in [1.82, 2.24) is 4.90 Å². The van der Waals surface area contributed by atoms with Gasteiger partial charge in [0.25, 0.3) is 5.91 Å². The predicted octanol–water partition coefficient (Wildman–Crippen LogP) is 1.35. The summed E-state index contributed by atoms with van der Waals surface area (Å²) >= 11 is 0. The summed E-state index contributed by atoms with van der Waals surface area (Å²) in [6.07, 6.45) is -0.117. The van der Waals surface area contributed by atoms with Gasteiger partial charge in [-0.2, -0.15) is 0 Å². The highest BCUT2D eigenvalue weighted by molar-refractivity contribution is 5.83. The van der Waals surface area contributed by atoms with Crippen LogP contribution in [0.25, 0.3) is 0 Å². The number of nitrogens with zero attached hydrogens (tertiary/aromatic N) is 1. The molecule has 1 heterocycles. The van der Waals surface area contributed by atoms with E-state index in [9.17, 15) is 9.90 Å². The maximum absolute atomic E-state index is 11.6. The number of aliphatic hydroxyl groups is 1. The van der Waals surface area contributed by atoms with Crippen LogP contribution in [0.3, 0.4) is 0 Å². The summed E-state index contributed by atoms with van der Waals surface area (Å²) in [6, 6.07) is 7.19. The Morgan fingerprint density at radius 1 is 1.41 bits per heavy atom. The minimum atomic E-state index is -0.483. The summed E-state index contributed by atoms with van der Waals surface area (Å²) in [5.41, 5.74) is 0.840. The molecule has 0 spiro atoms. The van der Waals surface area contributed by atoms with Crippen LogP contribution in [0.1, 0.15) is 25.0 Å². The molecule has 1 aliphatic heterocycles. The van der Waals surface area contributed by atoms with E-state index in [0.717, 1.165) is 18.5 Å². The van der Waals surface area contributed by atoms with Crippen LogP contribution in [0.2, 0.25) is 0 Å². The normalized spacial score (nSPS) is 21.7. The van der Waals surface area contributed by atoms with Crippen LogP contribution in [0.15, 0.2) is 24.3 Å². The van der Waals surface area contributed by atoms with Gasteiger partial charge in [0, 0.05) is 20.0 Å². The zero-order valence-electron chi connectivity index (χ0n) is 10.1. The van der Waals surface area contributed by atoms with Gasteiger partial charge in [-0.25, -0.2) is 0 Å². The van der Waals surface area contributed by atoms with Crippen LogP contribution >= 0.6 is 0 Å². The van der Waals surface area contributed by atoms with Gasteiger partial charge in [0.15, 0.2) is 6.10 Å². The van der Waals surface area contributed by atoms with E-state index < -0.39 is 6.10 Å². The molecule has 1 saturated heterocycles. The first-order valence-corrected chi connectivity index (χ1v) is 5.77. The number of aliphatic hydroxyl groups excluding tert-OH is 1. The summed E-state index contributed by atoms with van der Waals surface area (Å²) in [6.45, 7) is 2.46. The number of benzene rings is 1. The lowest BCUT2D eigenvalue weighted by atomic mass is 10.1. The standard InChI is InChI=1S/C13H17NO3/c1-9(15)10-3-5-11(6-4-10)17-12-7-8-14(2)13(12)16/h3-6,9,12,15H,7-8H2,1-2H3/t9-,12?/m1/s1. The van der Waals surface area contributed by atoms with E-state index in [1.807, 2.05) is 12.1 Å². The average Bonchev–Trinajstić information content (AvgIpc) is 2.62. The molecular formula is C13H17NO3. The second-order valence-corrected chi connectivity index (χ2v) is 4.40. The molecule has 1 amide bonds. The fourth-order valence-corrected chi connectivity index (χ4v) is 1.89. The van der Waals surface area contributed by atoms with Crippen LogP contribution in [0, 0.1) is 0 Å². The van der Waals surface area contributed by atoms with Gasteiger partial charge in [0.05, 0.1) is 6.10 Å². The van der Waals surface area contributed by atoms with Crippen molar-refractivity contribution in [2.45, 2.75) is 25.6 Å². The third-order valence-electron chi connectivity index (χ3n) is 3.02. The van der Waals surface area contributed by atoms with Crippen molar-refractivity contribution < 1.29 is 14.6 Å². The first-order valence-electron chi connectivity index (χ1n) is 5.77. The summed E-state index contributed by atoms with van der Waals surface area (Å²) < 4.78 is 5.62. The molecule has 0 bridgehead atoms. The van der Waals surface area contributed by atoms with Crippen molar-refractivity contribution in [2.75, 3.05) is 13.6 Å². The van der Waals surface area contributed by atoms with Gasteiger partial charge in [-0.3, -0.25) is 4.79 Å². The molecule has 1 aliphatic rings. The van der Waals surface area contributed by atoms with Gasteiger partial charge in [-0.05, 0) is 24.6 Å². The van der Waals surface area contributed by atoms with Crippen molar-refractivity contribution in [1.29, 1.82) is 0 Å². The fourth-order valence-electron chi connectivity index (χ4n) is 1.89. The van der Waals surface area contributed by atoms with Crippen molar-refractivity contribution in [3.05, 3.63) is 29.8 Å². The second-order valence-electron chi connectivity index (χ2n) is 4.40. The molecule has 0 saturated carbocycles. The van der Waals surface area contributed by atoms with Crippen LogP contribution in [0.4, 0.5) is 0 Å². The largest absolute Gasteiger partial charge is 0.481 e. The van der Waals surface area contributed by atoms with E-state index in [1.54, 1.807) is 31.0 Å². The Labute approximate surface area is 101 Å². The van der Waals surface area contributed by atoms with E-state index >= 15 is 0 Å². The molecule has 0 aromatic heterocycles. The Kier molecular flexibility index (Phi) is 3.33. The molecule has 1 unspecified atom stereocenters. The van der Waals surface area contributed by atoms with Gasteiger partial charge in [-0.15, -0.1) is 0 Å². The summed E-state index contributed by atoms with van der Waals surface area (Å²) in [5.74, 6) is 0.702. The van der Waals surface area contributed by atoms with Crippen molar-refractivity contribution >= 4 is 5.91 Å². The van der Waals surface area contributed by atoms with Gasteiger partial charge in [-0.1, -0.05) is 12.1 Å². The topological polar surface area (TPSA) is 49.8 Å². The lowest BCUT2D eigenvalue weighted by molar-refractivity contribution is -0.132. The lowest BCUT2D eigenvalue weighted by Crippen LogP contribution is -2.29. The monoisotopic (exact) mass is 235 g/mol.